The SMILES string of the molecule is COc1ccc(OC(C)c2nnc(SC(C)C(=O)Nc3cccc(C(C)=O)c3)n2C)cc1. The lowest BCUT2D eigenvalue weighted by Crippen LogP contribution is -2.23. The molecule has 2 aromatic carbocycles. The second-order valence-corrected chi connectivity index (χ2v) is 8.53. The zero-order valence-corrected chi connectivity index (χ0v) is 19.5. The second-order valence-electron chi connectivity index (χ2n) is 7.22. The van der Waals surface area contributed by atoms with Crippen LogP contribution in [0.25, 0.3) is 0 Å². The first kappa shape index (κ1) is 23.3. The second kappa shape index (κ2) is 10.3. The summed E-state index contributed by atoms with van der Waals surface area (Å²) in [5.41, 5.74) is 1.13. The molecule has 3 aromatic rings. The number of nitrogens with zero attached hydrogens (tertiary/aromatic N) is 3. The molecule has 8 nitrogen and oxygen atoms in total. The summed E-state index contributed by atoms with van der Waals surface area (Å²) in [7, 11) is 3.45. The van der Waals surface area contributed by atoms with Gasteiger partial charge in [0.2, 0.25) is 5.91 Å². The van der Waals surface area contributed by atoms with Crippen LogP contribution in [0.3, 0.4) is 0 Å². The van der Waals surface area contributed by atoms with Crippen molar-refractivity contribution < 1.29 is 19.1 Å². The van der Waals surface area contributed by atoms with Gasteiger partial charge < -0.3 is 19.4 Å². The molecule has 0 saturated heterocycles. The van der Waals surface area contributed by atoms with Gasteiger partial charge in [0, 0.05) is 18.3 Å². The van der Waals surface area contributed by atoms with Crippen molar-refractivity contribution >= 4 is 29.1 Å². The molecule has 2 unspecified atom stereocenters. The summed E-state index contributed by atoms with van der Waals surface area (Å²) in [6.07, 6.45) is -0.339. The first-order valence-corrected chi connectivity index (χ1v) is 10.9. The number of amides is 1. The Bertz CT molecular complexity index is 1100. The number of ketones is 1. The Morgan fingerprint density at radius 3 is 2.41 bits per heavy atom. The average Bonchev–Trinajstić information content (AvgIpc) is 3.14. The first-order valence-electron chi connectivity index (χ1n) is 10.1. The smallest absolute Gasteiger partial charge is 0.237 e. The molecule has 0 spiro atoms. The molecule has 1 N–H and O–H groups in total. The molecule has 32 heavy (non-hydrogen) atoms. The van der Waals surface area contributed by atoms with E-state index in [-0.39, 0.29) is 17.8 Å². The van der Waals surface area contributed by atoms with Crippen LogP contribution in [0, 0.1) is 0 Å². The van der Waals surface area contributed by atoms with E-state index in [0.29, 0.717) is 28.0 Å². The van der Waals surface area contributed by atoms with Crippen LogP contribution in [-0.4, -0.2) is 38.8 Å². The normalized spacial score (nSPS) is 12.7. The third-order valence-corrected chi connectivity index (χ3v) is 5.93. The molecule has 0 saturated carbocycles. The number of anilines is 1. The number of carbonyl (C=O) groups is 2. The molecule has 168 valence electrons. The maximum Gasteiger partial charge on any atom is 0.237 e. The Morgan fingerprint density at radius 2 is 1.75 bits per heavy atom. The molecule has 0 aliphatic rings. The third kappa shape index (κ3) is 5.67. The molecule has 1 amide bonds. The Hall–Kier alpha value is -3.33. The van der Waals surface area contributed by atoms with E-state index in [2.05, 4.69) is 15.5 Å². The van der Waals surface area contributed by atoms with Gasteiger partial charge in [-0.2, -0.15) is 0 Å². The highest BCUT2D eigenvalue weighted by Crippen LogP contribution is 2.27. The fourth-order valence-corrected chi connectivity index (χ4v) is 3.79. The summed E-state index contributed by atoms with van der Waals surface area (Å²) in [6.45, 7) is 5.17. The Morgan fingerprint density at radius 1 is 1.06 bits per heavy atom. The molecule has 0 fully saturated rings. The number of hydrogen-bond donors (Lipinski definition) is 1. The number of ether oxygens (including phenoxy) is 2. The van der Waals surface area contributed by atoms with Gasteiger partial charge in [-0.05, 0) is 57.2 Å². The summed E-state index contributed by atoms with van der Waals surface area (Å²) < 4.78 is 12.9. The van der Waals surface area contributed by atoms with Crippen molar-refractivity contribution in [2.24, 2.45) is 7.05 Å². The fraction of sp³-hybridized carbons (Fsp3) is 0.304. The van der Waals surface area contributed by atoms with Gasteiger partial charge in [0.05, 0.1) is 12.4 Å². The lowest BCUT2D eigenvalue weighted by Gasteiger charge is -2.15. The van der Waals surface area contributed by atoms with E-state index < -0.39 is 5.25 Å². The van der Waals surface area contributed by atoms with Crippen molar-refractivity contribution in [3.05, 3.63) is 59.9 Å². The van der Waals surface area contributed by atoms with E-state index in [1.165, 1.54) is 18.7 Å². The van der Waals surface area contributed by atoms with Crippen molar-refractivity contribution in [3.8, 4) is 11.5 Å². The van der Waals surface area contributed by atoms with Crippen molar-refractivity contribution in [2.45, 2.75) is 37.3 Å². The van der Waals surface area contributed by atoms with Gasteiger partial charge in [0.1, 0.15) is 11.5 Å². The molecule has 0 bridgehead atoms. The van der Waals surface area contributed by atoms with Crippen molar-refractivity contribution in [3.63, 3.8) is 0 Å². The van der Waals surface area contributed by atoms with Crippen LogP contribution in [-0.2, 0) is 11.8 Å². The highest BCUT2D eigenvalue weighted by Gasteiger charge is 2.22. The molecule has 0 aliphatic heterocycles. The number of carbonyl (C=O) groups excluding carboxylic acids is 2. The molecule has 3 rings (SSSR count). The summed E-state index contributed by atoms with van der Waals surface area (Å²) in [6, 6.07) is 14.2. The van der Waals surface area contributed by atoms with Crippen LogP contribution < -0.4 is 14.8 Å². The van der Waals surface area contributed by atoms with Gasteiger partial charge in [-0.25, -0.2) is 0 Å². The van der Waals surface area contributed by atoms with Crippen LogP contribution in [0.4, 0.5) is 5.69 Å². The molecule has 1 aromatic heterocycles. The van der Waals surface area contributed by atoms with E-state index in [1.807, 2.05) is 42.8 Å². The average molecular weight is 455 g/mol. The first-order chi connectivity index (χ1) is 15.3. The van der Waals surface area contributed by atoms with Crippen LogP contribution in [0.15, 0.2) is 53.7 Å². The Labute approximate surface area is 191 Å². The van der Waals surface area contributed by atoms with E-state index in [4.69, 9.17) is 9.47 Å². The van der Waals surface area contributed by atoms with Gasteiger partial charge in [0.15, 0.2) is 22.9 Å². The lowest BCUT2D eigenvalue weighted by molar-refractivity contribution is -0.115. The predicted octanol–water partition coefficient (Wildman–Crippen LogP) is 4.29. The number of hydrogen-bond acceptors (Lipinski definition) is 7. The molecule has 1 heterocycles. The minimum absolute atomic E-state index is 0.0545. The van der Waals surface area contributed by atoms with E-state index in [1.54, 1.807) is 38.3 Å². The minimum Gasteiger partial charge on any atom is -0.497 e. The fourth-order valence-electron chi connectivity index (χ4n) is 2.97. The van der Waals surface area contributed by atoms with Gasteiger partial charge in [-0.15, -0.1) is 10.2 Å². The Kier molecular flexibility index (Phi) is 7.53. The summed E-state index contributed by atoms with van der Waals surface area (Å²) in [5, 5.41) is 11.5. The monoisotopic (exact) mass is 454 g/mol. The topological polar surface area (TPSA) is 95.3 Å². The van der Waals surface area contributed by atoms with Gasteiger partial charge in [-0.1, -0.05) is 23.9 Å². The quantitative estimate of drug-likeness (QED) is 0.381. The van der Waals surface area contributed by atoms with Gasteiger partial charge in [-0.3, -0.25) is 9.59 Å². The lowest BCUT2D eigenvalue weighted by atomic mass is 10.1. The summed E-state index contributed by atoms with van der Waals surface area (Å²) in [4.78, 5) is 24.2. The number of benzene rings is 2. The van der Waals surface area contributed by atoms with Crippen LogP contribution >= 0.6 is 11.8 Å². The van der Waals surface area contributed by atoms with Gasteiger partial charge >= 0.3 is 0 Å². The number of methoxy groups -OCH3 is 1. The maximum atomic E-state index is 12.6. The van der Waals surface area contributed by atoms with Crippen LogP contribution in [0.1, 0.15) is 43.1 Å². The van der Waals surface area contributed by atoms with Crippen LogP contribution in [0.5, 0.6) is 11.5 Å². The number of rotatable bonds is 9. The highest BCUT2D eigenvalue weighted by molar-refractivity contribution is 8.00. The third-order valence-electron chi connectivity index (χ3n) is 4.79. The van der Waals surface area contributed by atoms with E-state index >= 15 is 0 Å². The molecular formula is C23H26N4O4S. The standard InChI is InChI=1S/C23H26N4O4S/c1-14(28)17-7-6-8-18(13-17)24-22(29)16(3)32-23-26-25-21(27(23)4)15(2)31-20-11-9-19(30-5)10-12-20/h6-13,15-16H,1-5H3,(H,24,29). The predicted molar refractivity (Wildman–Crippen MR) is 123 cm³/mol. The van der Waals surface area contributed by atoms with Crippen molar-refractivity contribution in [1.82, 2.24) is 14.8 Å². The molecule has 0 aliphatic carbocycles. The zero-order valence-electron chi connectivity index (χ0n) is 18.7. The minimum atomic E-state index is -0.426. The number of thioether (sulfide) groups is 1. The molecule has 2 atom stereocenters. The van der Waals surface area contributed by atoms with Crippen LogP contribution in [0.2, 0.25) is 0 Å². The van der Waals surface area contributed by atoms with E-state index in [9.17, 15) is 9.59 Å². The zero-order chi connectivity index (χ0) is 23.3. The summed E-state index contributed by atoms with van der Waals surface area (Å²) >= 11 is 1.30. The van der Waals surface area contributed by atoms with Gasteiger partial charge in [0.25, 0.3) is 0 Å². The molecule has 0 radical (unpaired) electrons. The number of Topliss-reactive ketones (excluding diaryl/α,β-unsaturated/α-hetero) is 1. The highest BCUT2D eigenvalue weighted by atomic mass is 32.2. The number of nitrogens with one attached hydrogen (secondary N) is 1. The summed E-state index contributed by atoms with van der Waals surface area (Å²) in [5.74, 6) is 1.84. The number of aromatic nitrogens is 3. The molecular weight excluding hydrogens is 428 g/mol. The Balaban J connectivity index is 1.63. The maximum absolute atomic E-state index is 12.6. The largest absolute Gasteiger partial charge is 0.497 e. The molecule has 9 heteroatoms. The van der Waals surface area contributed by atoms with Crippen molar-refractivity contribution in [1.29, 1.82) is 0 Å². The van der Waals surface area contributed by atoms with E-state index in [0.717, 1.165) is 5.75 Å². The van der Waals surface area contributed by atoms with Crippen molar-refractivity contribution in [2.75, 3.05) is 12.4 Å².